The summed E-state index contributed by atoms with van der Waals surface area (Å²) in [6.07, 6.45) is -0.373. The Morgan fingerprint density at radius 2 is 2.19 bits per heavy atom. The van der Waals surface area contributed by atoms with Crippen LogP contribution in [0.5, 0.6) is 0 Å². The van der Waals surface area contributed by atoms with Crippen molar-refractivity contribution >= 4 is 0 Å². The van der Waals surface area contributed by atoms with Gasteiger partial charge in [-0.2, -0.15) is 0 Å². The fourth-order valence-electron chi connectivity index (χ4n) is 2.16. The maximum absolute atomic E-state index is 10.1. The molecule has 1 saturated heterocycles. The number of β-amino-alcohol motifs (C(OH)–C–C–N with tert-alkyl or cyclic N) is 1. The third-order valence-corrected chi connectivity index (χ3v) is 3.23. The van der Waals surface area contributed by atoms with Crippen molar-refractivity contribution in [2.45, 2.75) is 19.1 Å². The molecule has 2 atom stereocenters. The Kier molecular flexibility index (Phi) is 3.93. The van der Waals surface area contributed by atoms with E-state index in [9.17, 15) is 5.11 Å². The quantitative estimate of drug-likeness (QED) is 0.798. The van der Waals surface area contributed by atoms with E-state index in [1.807, 2.05) is 30.3 Å². The van der Waals surface area contributed by atoms with E-state index in [1.165, 1.54) is 0 Å². The van der Waals surface area contributed by atoms with E-state index in [2.05, 4.69) is 17.1 Å². The lowest BCUT2D eigenvalue weighted by Gasteiger charge is -2.35. The fraction of sp³-hybridized carbons (Fsp3) is 0.538. The highest BCUT2D eigenvalue weighted by Crippen LogP contribution is 2.15. The topological polar surface area (TPSA) is 35.5 Å². The molecule has 1 aliphatic rings. The van der Waals surface area contributed by atoms with E-state index in [0.29, 0.717) is 6.04 Å². The van der Waals surface area contributed by atoms with Crippen LogP contribution >= 0.6 is 0 Å². The summed E-state index contributed by atoms with van der Waals surface area (Å²) in [6.45, 7) is 5.98. The number of nitrogens with zero attached hydrogens (tertiary/aromatic N) is 1. The minimum atomic E-state index is -0.373. The molecule has 0 amide bonds. The van der Waals surface area contributed by atoms with Gasteiger partial charge in [-0.05, 0) is 12.5 Å². The molecule has 1 aromatic carbocycles. The first-order chi connectivity index (χ1) is 7.77. The maximum Gasteiger partial charge on any atom is 0.0917 e. The van der Waals surface area contributed by atoms with Crippen LogP contribution in [0.25, 0.3) is 0 Å². The summed E-state index contributed by atoms with van der Waals surface area (Å²) in [5.41, 5.74) is 1.01. The summed E-state index contributed by atoms with van der Waals surface area (Å²) in [6, 6.07) is 10.4. The van der Waals surface area contributed by atoms with Gasteiger partial charge in [0.2, 0.25) is 0 Å². The van der Waals surface area contributed by atoms with Crippen molar-refractivity contribution in [2.75, 3.05) is 26.2 Å². The molecule has 0 spiro atoms. The second kappa shape index (κ2) is 5.43. The molecule has 2 rings (SSSR count). The first-order valence-corrected chi connectivity index (χ1v) is 5.95. The molecule has 88 valence electrons. The smallest absolute Gasteiger partial charge is 0.0917 e. The second-order valence-electron chi connectivity index (χ2n) is 4.47. The molecule has 1 heterocycles. The van der Waals surface area contributed by atoms with Crippen LogP contribution in [0.4, 0.5) is 0 Å². The standard InChI is InChI=1S/C13H20N2O/c1-11-9-14-7-8-15(11)10-13(16)12-5-3-2-4-6-12/h2-6,11,13-14,16H,7-10H2,1H3/t11-,13+/m1/s1. The number of aliphatic hydroxyl groups excluding tert-OH is 1. The van der Waals surface area contributed by atoms with E-state index in [-0.39, 0.29) is 6.10 Å². The lowest BCUT2D eigenvalue weighted by Crippen LogP contribution is -2.50. The van der Waals surface area contributed by atoms with Crippen LogP contribution in [0.1, 0.15) is 18.6 Å². The summed E-state index contributed by atoms with van der Waals surface area (Å²) >= 11 is 0. The van der Waals surface area contributed by atoms with Gasteiger partial charge in [-0.25, -0.2) is 0 Å². The molecular formula is C13H20N2O. The molecule has 16 heavy (non-hydrogen) atoms. The predicted octanol–water partition coefficient (Wildman–Crippen LogP) is 1.01. The summed E-state index contributed by atoms with van der Waals surface area (Å²) in [5.74, 6) is 0. The number of piperazine rings is 1. The highest BCUT2D eigenvalue weighted by Gasteiger charge is 2.20. The van der Waals surface area contributed by atoms with Crippen LogP contribution in [0.15, 0.2) is 30.3 Å². The lowest BCUT2D eigenvalue weighted by molar-refractivity contribution is 0.0793. The van der Waals surface area contributed by atoms with Crippen LogP contribution in [-0.4, -0.2) is 42.2 Å². The van der Waals surface area contributed by atoms with Gasteiger partial charge in [0.05, 0.1) is 6.10 Å². The Balaban J connectivity index is 1.94. The molecule has 0 unspecified atom stereocenters. The van der Waals surface area contributed by atoms with Crippen LogP contribution in [0, 0.1) is 0 Å². The van der Waals surface area contributed by atoms with Gasteiger partial charge in [-0.1, -0.05) is 30.3 Å². The van der Waals surface area contributed by atoms with E-state index in [4.69, 9.17) is 0 Å². The zero-order valence-corrected chi connectivity index (χ0v) is 9.76. The molecule has 2 N–H and O–H groups in total. The van der Waals surface area contributed by atoms with Gasteiger partial charge in [-0.3, -0.25) is 4.90 Å². The van der Waals surface area contributed by atoms with Gasteiger partial charge >= 0.3 is 0 Å². The first kappa shape index (κ1) is 11.6. The zero-order valence-electron chi connectivity index (χ0n) is 9.76. The van der Waals surface area contributed by atoms with Crippen molar-refractivity contribution in [1.29, 1.82) is 0 Å². The Hall–Kier alpha value is -0.900. The number of aliphatic hydroxyl groups is 1. The van der Waals surface area contributed by atoms with Gasteiger partial charge in [0.25, 0.3) is 0 Å². The van der Waals surface area contributed by atoms with Gasteiger partial charge < -0.3 is 10.4 Å². The molecule has 0 bridgehead atoms. The third-order valence-electron chi connectivity index (χ3n) is 3.23. The molecule has 1 fully saturated rings. The van der Waals surface area contributed by atoms with Crippen LogP contribution in [-0.2, 0) is 0 Å². The highest BCUT2D eigenvalue weighted by atomic mass is 16.3. The van der Waals surface area contributed by atoms with Gasteiger partial charge in [0, 0.05) is 32.2 Å². The second-order valence-corrected chi connectivity index (χ2v) is 4.47. The molecule has 1 aliphatic heterocycles. The van der Waals surface area contributed by atoms with Gasteiger partial charge in [0.15, 0.2) is 0 Å². The number of rotatable bonds is 3. The largest absolute Gasteiger partial charge is 0.387 e. The van der Waals surface area contributed by atoms with E-state index in [1.54, 1.807) is 0 Å². The molecule has 0 aliphatic carbocycles. The summed E-state index contributed by atoms with van der Waals surface area (Å²) in [4.78, 5) is 2.34. The minimum absolute atomic E-state index is 0.373. The van der Waals surface area contributed by atoms with Gasteiger partial charge in [0.1, 0.15) is 0 Å². The Morgan fingerprint density at radius 3 is 2.88 bits per heavy atom. The van der Waals surface area contributed by atoms with Crippen LogP contribution in [0.3, 0.4) is 0 Å². The molecule has 0 saturated carbocycles. The summed E-state index contributed by atoms with van der Waals surface area (Å²) in [7, 11) is 0. The fourth-order valence-corrected chi connectivity index (χ4v) is 2.16. The number of hydrogen-bond acceptors (Lipinski definition) is 3. The van der Waals surface area contributed by atoms with Crippen molar-refractivity contribution < 1.29 is 5.11 Å². The Morgan fingerprint density at radius 1 is 1.44 bits per heavy atom. The minimum Gasteiger partial charge on any atom is -0.387 e. The SMILES string of the molecule is C[C@@H]1CNCCN1C[C@H](O)c1ccccc1. The molecule has 0 radical (unpaired) electrons. The zero-order chi connectivity index (χ0) is 11.4. The summed E-state index contributed by atoms with van der Waals surface area (Å²) < 4.78 is 0. The summed E-state index contributed by atoms with van der Waals surface area (Å²) in [5, 5.41) is 13.5. The van der Waals surface area contributed by atoms with Crippen LogP contribution < -0.4 is 5.32 Å². The van der Waals surface area contributed by atoms with E-state index < -0.39 is 0 Å². The third kappa shape index (κ3) is 2.82. The predicted molar refractivity (Wildman–Crippen MR) is 65.3 cm³/mol. The average molecular weight is 220 g/mol. The van der Waals surface area contributed by atoms with Gasteiger partial charge in [-0.15, -0.1) is 0 Å². The van der Waals surface area contributed by atoms with Crippen molar-refractivity contribution in [3.8, 4) is 0 Å². The first-order valence-electron chi connectivity index (χ1n) is 5.95. The Labute approximate surface area is 97.1 Å². The van der Waals surface area contributed by atoms with Crippen molar-refractivity contribution in [3.63, 3.8) is 0 Å². The molecular weight excluding hydrogens is 200 g/mol. The van der Waals surface area contributed by atoms with Crippen molar-refractivity contribution in [1.82, 2.24) is 10.2 Å². The normalized spacial score (nSPS) is 24.2. The monoisotopic (exact) mass is 220 g/mol. The maximum atomic E-state index is 10.1. The molecule has 1 aromatic rings. The Bertz CT molecular complexity index is 315. The van der Waals surface area contributed by atoms with E-state index in [0.717, 1.165) is 31.7 Å². The lowest BCUT2D eigenvalue weighted by atomic mass is 10.1. The highest BCUT2D eigenvalue weighted by molar-refractivity contribution is 5.17. The van der Waals surface area contributed by atoms with E-state index >= 15 is 0 Å². The average Bonchev–Trinajstić information content (AvgIpc) is 2.33. The molecule has 0 aromatic heterocycles. The number of hydrogen-bond donors (Lipinski definition) is 2. The van der Waals surface area contributed by atoms with Crippen molar-refractivity contribution in [3.05, 3.63) is 35.9 Å². The van der Waals surface area contributed by atoms with Crippen LogP contribution in [0.2, 0.25) is 0 Å². The number of nitrogens with one attached hydrogen (secondary N) is 1. The molecule has 3 nitrogen and oxygen atoms in total. The van der Waals surface area contributed by atoms with Crippen molar-refractivity contribution in [2.24, 2.45) is 0 Å². The number of benzene rings is 1. The molecule has 3 heteroatoms.